The Morgan fingerprint density at radius 1 is 1.07 bits per heavy atom. The molecule has 2 aromatic rings. The molecule has 0 aliphatic heterocycles. The lowest BCUT2D eigenvalue weighted by molar-refractivity contribution is -0.672. The van der Waals surface area contributed by atoms with E-state index >= 15 is 0 Å². The number of aryl methyl sites for hydroxylation is 2. The van der Waals surface area contributed by atoms with Gasteiger partial charge in [0.15, 0.2) is 11.0 Å². The number of carbonyl (C=O) groups is 1. The number of aromatic nitrogens is 2. The number of unbranched alkanes of at least 4 members (excludes halogenated alkanes) is 9. The van der Waals surface area contributed by atoms with E-state index in [-0.39, 0.29) is 6.54 Å². The largest absolute Gasteiger partial charge is 0.549 e. The molecular formula is C25H41N3O2. The van der Waals surface area contributed by atoms with Gasteiger partial charge >= 0.3 is 0 Å². The molecule has 0 saturated carbocycles. The van der Waals surface area contributed by atoms with Crippen molar-refractivity contribution < 1.29 is 14.5 Å². The smallest absolute Gasteiger partial charge is 0.244 e. The number of carbonyl (C=O) groups excluding carboxylic acids is 1. The lowest BCUT2D eigenvalue weighted by Crippen LogP contribution is -2.32. The second kappa shape index (κ2) is 16.6. The van der Waals surface area contributed by atoms with Gasteiger partial charge in [-0.15, -0.1) is 6.58 Å². The van der Waals surface area contributed by atoms with Gasteiger partial charge in [-0.1, -0.05) is 57.2 Å². The predicted molar refractivity (Wildman–Crippen MR) is 123 cm³/mol. The minimum atomic E-state index is -1.22. The van der Waals surface area contributed by atoms with Crippen LogP contribution in [0.1, 0.15) is 77.6 Å². The van der Waals surface area contributed by atoms with Crippen LogP contribution in [0.3, 0.4) is 0 Å². The molecule has 0 aliphatic rings. The molecule has 0 fully saturated rings. The lowest BCUT2D eigenvalue weighted by atomic mass is 10.1. The van der Waals surface area contributed by atoms with Gasteiger partial charge in [-0.2, -0.15) is 0 Å². The number of carboxylic acids is 1. The topological polar surface area (TPSA) is 75.0 Å². The van der Waals surface area contributed by atoms with E-state index < -0.39 is 5.97 Å². The van der Waals surface area contributed by atoms with Crippen molar-refractivity contribution in [2.45, 2.75) is 90.6 Å². The van der Waals surface area contributed by atoms with E-state index in [0.29, 0.717) is 0 Å². The second-order valence-electron chi connectivity index (χ2n) is 7.83. The molecule has 1 aromatic heterocycles. The van der Waals surface area contributed by atoms with Gasteiger partial charge in [0.1, 0.15) is 0 Å². The number of carboxylic acid groups (broad SMARTS) is 1. The van der Waals surface area contributed by atoms with Crippen molar-refractivity contribution >= 4 is 17.0 Å². The molecule has 0 saturated heterocycles. The SMILES string of the molecule is C=CCCCCCC[n+]1cn(CCCCCCCC)c2ccccc21.NCC(=O)[O-]. The molecule has 0 unspecified atom stereocenters. The number of rotatable bonds is 15. The average molecular weight is 416 g/mol. The first-order chi connectivity index (χ1) is 14.6. The van der Waals surface area contributed by atoms with E-state index in [2.05, 4.69) is 59.0 Å². The number of fused-ring (bicyclic) bond motifs is 1. The number of hydrogen-bond acceptors (Lipinski definition) is 3. The van der Waals surface area contributed by atoms with E-state index in [4.69, 9.17) is 9.90 Å². The van der Waals surface area contributed by atoms with Gasteiger partial charge in [0.05, 0.1) is 19.1 Å². The van der Waals surface area contributed by atoms with Crippen LogP contribution in [-0.4, -0.2) is 17.1 Å². The van der Waals surface area contributed by atoms with Crippen LogP contribution in [0, 0.1) is 0 Å². The van der Waals surface area contributed by atoms with E-state index in [1.165, 1.54) is 75.2 Å². The Hall–Kier alpha value is -2.14. The van der Waals surface area contributed by atoms with E-state index in [9.17, 15) is 0 Å². The first-order valence-electron chi connectivity index (χ1n) is 11.6. The number of nitrogens with two attached hydrogens (primary N) is 1. The Labute approximate surface area is 182 Å². The fraction of sp³-hybridized carbons (Fsp3) is 0.600. The average Bonchev–Trinajstić information content (AvgIpc) is 3.11. The lowest BCUT2D eigenvalue weighted by Gasteiger charge is -2.00. The van der Waals surface area contributed by atoms with Gasteiger partial charge < -0.3 is 15.6 Å². The molecule has 5 nitrogen and oxygen atoms in total. The molecule has 2 rings (SSSR count). The fourth-order valence-corrected chi connectivity index (χ4v) is 3.59. The van der Waals surface area contributed by atoms with Gasteiger partial charge in [-0.3, -0.25) is 0 Å². The van der Waals surface area contributed by atoms with Crippen molar-refractivity contribution in [3.05, 3.63) is 43.2 Å². The highest BCUT2D eigenvalue weighted by molar-refractivity contribution is 5.71. The van der Waals surface area contributed by atoms with Crippen molar-refractivity contribution in [3.8, 4) is 0 Å². The fourth-order valence-electron chi connectivity index (χ4n) is 3.59. The van der Waals surface area contributed by atoms with Crippen LogP contribution in [0.5, 0.6) is 0 Å². The Morgan fingerprint density at radius 2 is 1.70 bits per heavy atom. The van der Waals surface area contributed by atoms with Crippen LogP contribution in [-0.2, 0) is 17.9 Å². The molecule has 30 heavy (non-hydrogen) atoms. The van der Waals surface area contributed by atoms with Crippen molar-refractivity contribution in [2.75, 3.05) is 6.54 Å². The number of hydrogen-bond donors (Lipinski definition) is 1. The maximum absolute atomic E-state index is 9.13. The monoisotopic (exact) mass is 415 g/mol. The molecule has 1 heterocycles. The highest BCUT2D eigenvalue weighted by Crippen LogP contribution is 2.14. The van der Waals surface area contributed by atoms with Gasteiger partial charge in [0.2, 0.25) is 6.33 Å². The molecule has 0 spiro atoms. The number of allylic oxidation sites excluding steroid dienone is 1. The third-order valence-corrected chi connectivity index (χ3v) is 5.26. The van der Waals surface area contributed by atoms with Crippen molar-refractivity contribution in [1.82, 2.24) is 4.57 Å². The minimum absolute atomic E-state index is 0.389. The summed E-state index contributed by atoms with van der Waals surface area (Å²) in [6.07, 6.45) is 18.9. The van der Waals surface area contributed by atoms with E-state index in [1.54, 1.807) is 0 Å². The normalized spacial score (nSPS) is 10.6. The van der Waals surface area contributed by atoms with Crippen LogP contribution in [0.25, 0.3) is 11.0 Å². The summed E-state index contributed by atoms with van der Waals surface area (Å²) in [6, 6.07) is 8.87. The number of imidazole rings is 1. The summed E-state index contributed by atoms with van der Waals surface area (Å²) in [4.78, 5) is 9.13. The van der Waals surface area contributed by atoms with Gasteiger partial charge in [-0.25, -0.2) is 9.13 Å². The standard InChI is InChI=1S/C23H37N2.C2H5NO2/c1-3-5-7-9-11-15-19-24-21-25(20-16-12-10-8-6-4-2)23-18-14-13-17-22(23)24;3-1-2(4)5/h3,13-14,17-18,21H,1,4-12,15-16,19-20H2,2H3;1,3H2,(H,4,5)/q+1;/p-1. The van der Waals surface area contributed by atoms with Crippen molar-refractivity contribution in [2.24, 2.45) is 5.73 Å². The van der Waals surface area contributed by atoms with Crippen LogP contribution in [0.15, 0.2) is 43.2 Å². The van der Waals surface area contributed by atoms with Crippen LogP contribution < -0.4 is 15.4 Å². The number of aliphatic carboxylic acids is 1. The Morgan fingerprint density at radius 3 is 2.40 bits per heavy atom. The summed E-state index contributed by atoms with van der Waals surface area (Å²) in [5, 5.41) is 9.13. The summed E-state index contributed by atoms with van der Waals surface area (Å²) in [6.45, 7) is 7.98. The molecule has 0 atom stereocenters. The Bertz CT molecular complexity index is 724. The summed E-state index contributed by atoms with van der Waals surface area (Å²) < 4.78 is 4.92. The van der Waals surface area contributed by atoms with Crippen LogP contribution in [0.2, 0.25) is 0 Å². The zero-order chi connectivity index (χ0) is 22.0. The molecule has 0 aliphatic carbocycles. The van der Waals surface area contributed by atoms with E-state index in [0.717, 1.165) is 19.5 Å². The molecule has 0 radical (unpaired) electrons. The number of benzene rings is 1. The van der Waals surface area contributed by atoms with Gasteiger partial charge in [-0.05, 0) is 50.7 Å². The summed E-state index contributed by atoms with van der Waals surface area (Å²) in [5.41, 5.74) is 7.29. The maximum Gasteiger partial charge on any atom is 0.244 e. The highest BCUT2D eigenvalue weighted by Gasteiger charge is 2.14. The van der Waals surface area contributed by atoms with Crippen LogP contribution >= 0.6 is 0 Å². The minimum Gasteiger partial charge on any atom is -0.549 e. The zero-order valence-corrected chi connectivity index (χ0v) is 18.9. The van der Waals surface area contributed by atoms with Crippen LogP contribution in [0.4, 0.5) is 0 Å². The molecule has 1 aromatic carbocycles. The van der Waals surface area contributed by atoms with Gasteiger partial charge in [0.25, 0.3) is 0 Å². The summed E-state index contributed by atoms with van der Waals surface area (Å²) in [5.74, 6) is -1.22. The van der Waals surface area contributed by atoms with E-state index in [1.807, 2.05) is 6.08 Å². The number of para-hydroxylation sites is 2. The van der Waals surface area contributed by atoms with Crippen molar-refractivity contribution in [3.63, 3.8) is 0 Å². The summed E-state index contributed by atoms with van der Waals surface area (Å²) in [7, 11) is 0. The molecule has 5 heteroatoms. The highest BCUT2D eigenvalue weighted by atomic mass is 16.4. The van der Waals surface area contributed by atoms with Crippen molar-refractivity contribution in [1.29, 1.82) is 0 Å². The third-order valence-electron chi connectivity index (χ3n) is 5.26. The Kier molecular flexibility index (Phi) is 14.4. The summed E-state index contributed by atoms with van der Waals surface area (Å²) >= 11 is 0. The third kappa shape index (κ3) is 10.6. The van der Waals surface area contributed by atoms with Gasteiger partial charge in [0, 0.05) is 6.54 Å². The molecule has 168 valence electrons. The molecule has 2 N–H and O–H groups in total. The predicted octanol–water partition coefficient (Wildman–Crippen LogP) is 4.12. The number of nitrogens with zero attached hydrogens (tertiary/aromatic N) is 2. The zero-order valence-electron chi connectivity index (χ0n) is 18.9. The first kappa shape index (κ1) is 25.9. The quantitative estimate of drug-likeness (QED) is 0.270. The first-order valence-corrected chi connectivity index (χ1v) is 11.6. The maximum atomic E-state index is 9.13. The molecule has 0 amide bonds. The molecular weight excluding hydrogens is 374 g/mol. The second-order valence-corrected chi connectivity index (χ2v) is 7.83. The molecule has 0 bridgehead atoms. The Balaban J connectivity index is 0.000000804.